The first-order valence-corrected chi connectivity index (χ1v) is 16.9. The molecule has 0 bridgehead atoms. The lowest BCUT2D eigenvalue weighted by atomic mass is 9.91. The predicted octanol–water partition coefficient (Wildman–Crippen LogP) is 13.7. The van der Waals surface area contributed by atoms with Crippen molar-refractivity contribution in [2.24, 2.45) is 0 Å². The third-order valence-electron chi connectivity index (χ3n) is 11.2. The molecule has 0 nitrogen and oxygen atoms in total. The summed E-state index contributed by atoms with van der Waals surface area (Å²) in [6.45, 7) is 4.42. The Bertz CT molecular complexity index is 2910. The maximum Gasteiger partial charge on any atom is -0.00199 e. The van der Waals surface area contributed by atoms with Gasteiger partial charge in [0, 0.05) is 0 Å². The number of fused-ring (bicyclic) bond motifs is 11. The summed E-state index contributed by atoms with van der Waals surface area (Å²) in [4.78, 5) is 0. The van der Waals surface area contributed by atoms with Crippen molar-refractivity contribution in [3.8, 4) is 22.3 Å². The molecule has 0 heteroatoms. The monoisotopic (exact) mass is 606 g/mol. The molecule has 11 aromatic rings. The van der Waals surface area contributed by atoms with E-state index >= 15 is 0 Å². The lowest BCUT2D eigenvalue weighted by Crippen LogP contribution is -1.84. The van der Waals surface area contributed by atoms with E-state index in [1.54, 1.807) is 0 Å². The highest BCUT2D eigenvalue weighted by Gasteiger charge is 2.19. The third kappa shape index (κ3) is 3.34. The summed E-state index contributed by atoms with van der Waals surface area (Å²) >= 11 is 0. The molecule has 222 valence electrons. The minimum absolute atomic E-state index is 1.28. The van der Waals surface area contributed by atoms with Crippen molar-refractivity contribution in [1.29, 1.82) is 0 Å². The molecular weight excluding hydrogens is 577 g/mol. The molecule has 0 spiro atoms. The van der Waals surface area contributed by atoms with Crippen LogP contribution in [0.2, 0.25) is 0 Å². The van der Waals surface area contributed by atoms with Crippen molar-refractivity contribution in [3.63, 3.8) is 0 Å². The van der Waals surface area contributed by atoms with Gasteiger partial charge in [-0.15, -0.1) is 0 Å². The predicted molar refractivity (Wildman–Crippen MR) is 209 cm³/mol. The van der Waals surface area contributed by atoms with Crippen LogP contribution in [0.1, 0.15) is 11.1 Å². The normalized spacial score (nSPS) is 12.4. The molecule has 0 aliphatic carbocycles. The smallest absolute Gasteiger partial charge is 0.00199 e. The molecule has 11 rings (SSSR count). The third-order valence-corrected chi connectivity index (χ3v) is 11.2. The Morgan fingerprint density at radius 1 is 0.250 bits per heavy atom. The topological polar surface area (TPSA) is 0 Å². The maximum atomic E-state index is 2.50. The second kappa shape index (κ2) is 9.31. The highest BCUT2D eigenvalue weighted by atomic mass is 14.2. The fraction of sp³-hybridized carbons (Fsp3) is 0.0417. The zero-order chi connectivity index (χ0) is 31.7. The number of rotatable bonds is 2. The SMILES string of the molecule is Cc1ccccc1-c1ccc2c(c1)c1cc3c4cc5c6cc(-c7ccccc7C)ccc6c6cccc(c4ccc3c3cccc2c31)c65. The van der Waals surface area contributed by atoms with Crippen LogP contribution >= 0.6 is 0 Å². The van der Waals surface area contributed by atoms with Crippen molar-refractivity contribution in [2.45, 2.75) is 13.8 Å². The van der Waals surface area contributed by atoms with E-state index in [4.69, 9.17) is 0 Å². The van der Waals surface area contributed by atoms with Crippen LogP contribution in [-0.4, -0.2) is 0 Å². The molecule has 0 saturated carbocycles. The molecule has 0 atom stereocenters. The molecule has 0 radical (unpaired) electrons. The summed E-state index contributed by atoms with van der Waals surface area (Å²) in [5, 5.41) is 21.4. The Morgan fingerprint density at radius 2 is 0.604 bits per heavy atom. The van der Waals surface area contributed by atoms with E-state index in [1.807, 2.05) is 0 Å². The van der Waals surface area contributed by atoms with Gasteiger partial charge in [0.15, 0.2) is 0 Å². The quantitative estimate of drug-likeness (QED) is 0.172. The summed E-state index contributed by atoms with van der Waals surface area (Å²) < 4.78 is 0. The Hall–Kier alpha value is -5.98. The van der Waals surface area contributed by atoms with Gasteiger partial charge in [0.2, 0.25) is 0 Å². The van der Waals surface area contributed by atoms with E-state index in [0.717, 1.165) is 0 Å². The summed E-state index contributed by atoms with van der Waals surface area (Å²) in [6, 6.07) is 55.1. The van der Waals surface area contributed by atoms with Crippen LogP contribution in [0.25, 0.3) is 108 Å². The maximum absolute atomic E-state index is 2.50. The average Bonchev–Trinajstić information content (AvgIpc) is 3.62. The molecule has 0 heterocycles. The second-order valence-electron chi connectivity index (χ2n) is 13.7. The summed E-state index contributed by atoms with van der Waals surface area (Å²) in [5.41, 5.74) is 7.76. The largest absolute Gasteiger partial charge is 0.0620 e. The van der Waals surface area contributed by atoms with Gasteiger partial charge in [0.05, 0.1) is 0 Å². The molecular formula is C48H30. The van der Waals surface area contributed by atoms with Gasteiger partial charge in [-0.2, -0.15) is 0 Å². The van der Waals surface area contributed by atoms with E-state index < -0.39 is 0 Å². The minimum atomic E-state index is 1.28. The second-order valence-corrected chi connectivity index (χ2v) is 13.7. The van der Waals surface area contributed by atoms with Gasteiger partial charge in [0.25, 0.3) is 0 Å². The van der Waals surface area contributed by atoms with E-state index in [9.17, 15) is 0 Å². The van der Waals surface area contributed by atoms with Crippen LogP contribution in [0.15, 0.2) is 146 Å². The molecule has 0 aliphatic heterocycles. The molecule has 11 aromatic carbocycles. The van der Waals surface area contributed by atoms with E-state index in [1.165, 1.54) is 120 Å². The van der Waals surface area contributed by atoms with Gasteiger partial charge in [0.1, 0.15) is 0 Å². The highest BCUT2D eigenvalue weighted by molar-refractivity contribution is 6.40. The molecule has 0 saturated heterocycles. The first-order chi connectivity index (χ1) is 23.6. The van der Waals surface area contributed by atoms with Gasteiger partial charge < -0.3 is 0 Å². The lowest BCUT2D eigenvalue weighted by molar-refractivity contribution is 1.46. The summed E-state index contributed by atoms with van der Waals surface area (Å²) in [5.74, 6) is 0. The Morgan fingerprint density at radius 3 is 1.00 bits per heavy atom. The van der Waals surface area contributed by atoms with Crippen LogP contribution < -0.4 is 0 Å². The lowest BCUT2D eigenvalue weighted by Gasteiger charge is -2.12. The van der Waals surface area contributed by atoms with Crippen LogP contribution in [0.5, 0.6) is 0 Å². The molecule has 0 aromatic heterocycles. The van der Waals surface area contributed by atoms with Gasteiger partial charge in [-0.1, -0.05) is 121 Å². The Balaban J connectivity index is 1.28. The zero-order valence-corrected chi connectivity index (χ0v) is 26.9. The van der Waals surface area contributed by atoms with Crippen molar-refractivity contribution in [1.82, 2.24) is 0 Å². The molecule has 0 N–H and O–H groups in total. The van der Waals surface area contributed by atoms with Gasteiger partial charge >= 0.3 is 0 Å². The number of benzene rings is 9. The average molecular weight is 607 g/mol. The van der Waals surface area contributed by atoms with Crippen molar-refractivity contribution in [3.05, 3.63) is 157 Å². The van der Waals surface area contributed by atoms with E-state index in [2.05, 4.69) is 159 Å². The van der Waals surface area contributed by atoms with Crippen LogP contribution in [0, 0.1) is 13.8 Å². The van der Waals surface area contributed by atoms with Crippen LogP contribution in [0.4, 0.5) is 0 Å². The van der Waals surface area contributed by atoms with Crippen LogP contribution in [-0.2, 0) is 0 Å². The summed E-state index contributed by atoms with van der Waals surface area (Å²) in [6.07, 6.45) is 0. The fourth-order valence-electron chi connectivity index (χ4n) is 8.99. The Labute approximate surface area is 278 Å². The van der Waals surface area contributed by atoms with Crippen molar-refractivity contribution in [2.75, 3.05) is 0 Å². The first-order valence-electron chi connectivity index (χ1n) is 16.9. The minimum Gasteiger partial charge on any atom is -0.0620 e. The van der Waals surface area contributed by atoms with Crippen molar-refractivity contribution >= 4 is 86.2 Å². The molecule has 0 unspecified atom stereocenters. The molecule has 48 heavy (non-hydrogen) atoms. The summed E-state index contributed by atoms with van der Waals surface area (Å²) in [7, 11) is 0. The number of hydrogen-bond donors (Lipinski definition) is 0. The van der Waals surface area contributed by atoms with E-state index in [-0.39, 0.29) is 0 Å². The zero-order valence-electron chi connectivity index (χ0n) is 26.9. The highest BCUT2D eigenvalue weighted by Crippen LogP contribution is 2.48. The van der Waals surface area contributed by atoms with Gasteiger partial charge in [-0.3, -0.25) is 0 Å². The fourth-order valence-corrected chi connectivity index (χ4v) is 8.99. The van der Waals surface area contributed by atoms with E-state index in [0.29, 0.717) is 0 Å². The number of hydrogen-bond acceptors (Lipinski definition) is 0. The molecule has 0 aliphatic rings. The van der Waals surface area contributed by atoms with Gasteiger partial charge in [-0.25, -0.2) is 0 Å². The molecule has 0 fully saturated rings. The van der Waals surface area contributed by atoms with Crippen LogP contribution in [0.3, 0.4) is 0 Å². The number of aryl methyl sites for hydroxylation is 2. The Kier molecular flexibility index (Phi) is 5.07. The van der Waals surface area contributed by atoms with Crippen molar-refractivity contribution < 1.29 is 0 Å². The molecule has 0 amide bonds. The standard InChI is InChI=1S/C48H30/c1-27-9-3-5-11-31(27)29-17-19-33-37-13-7-15-39-35-21-22-36-40-16-8-14-38-34-20-18-30(32-12-6-4-10-28(32)2)24-42(34)46(48(38)40)26-44(36)43(35)25-45(47(37)39)41(33)23-29/h3-26H,1-2H3. The van der Waals surface area contributed by atoms with Gasteiger partial charge in [-0.05, 0) is 158 Å². The first kappa shape index (κ1) is 26.1.